The van der Waals surface area contributed by atoms with E-state index in [2.05, 4.69) is 32.8 Å². The van der Waals surface area contributed by atoms with E-state index in [1.807, 2.05) is 0 Å². The first-order valence-corrected chi connectivity index (χ1v) is 8.16. The summed E-state index contributed by atoms with van der Waals surface area (Å²) in [6.45, 7) is 2.09. The Bertz CT molecular complexity index is 381. The molecule has 0 spiro atoms. The maximum Gasteiger partial charge on any atom is 0.251 e. The van der Waals surface area contributed by atoms with Crippen molar-refractivity contribution >= 4 is 27.7 Å². The molecule has 1 aromatic heterocycles. The molecule has 0 atom stereocenters. The highest BCUT2D eigenvalue weighted by Gasteiger charge is 2.01. The maximum atomic E-state index is 11.4. The van der Waals surface area contributed by atoms with Crippen molar-refractivity contribution in [2.45, 2.75) is 44.2 Å². The number of aromatic nitrogens is 2. The molecule has 0 aliphatic heterocycles. The molecule has 5 heteroatoms. The Labute approximate surface area is 115 Å². The highest BCUT2D eigenvalue weighted by atomic mass is 79.9. The van der Waals surface area contributed by atoms with Gasteiger partial charge >= 0.3 is 0 Å². The van der Waals surface area contributed by atoms with E-state index in [0.29, 0.717) is 0 Å². The van der Waals surface area contributed by atoms with Gasteiger partial charge in [0.25, 0.3) is 5.56 Å². The average molecular weight is 319 g/mol. The summed E-state index contributed by atoms with van der Waals surface area (Å²) >= 11 is 5.06. The molecule has 1 rings (SSSR count). The summed E-state index contributed by atoms with van der Waals surface area (Å²) in [7, 11) is 0. The van der Waals surface area contributed by atoms with Gasteiger partial charge in [0.15, 0.2) is 5.16 Å². The largest absolute Gasteiger partial charge is 0.301 e. The Kier molecular flexibility index (Phi) is 7.60. The number of nitrogens with one attached hydrogen (secondary N) is 1. The van der Waals surface area contributed by atoms with Crippen LogP contribution in [0.15, 0.2) is 16.0 Å². The van der Waals surface area contributed by atoms with Crippen LogP contribution < -0.4 is 5.56 Å². The second-order valence-electron chi connectivity index (χ2n) is 3.89. The van der Waals surface area contributed by atoms with Gasteiger partial charge in [0.05, 0.1) is 0 Å². The summed E-state index contributed by atoms with van der Waals surface area (Å²) in [5.74, 6) is 1.02. The van der Waals surface area contributed by atoms with E-state index in [0.717, 1.165) is 41.2 Å². The smallest absolute Gasteiger partial charge is 0.251 e. The Morgan fingerprint density at radius 3 is 2.94 bits per heavy atom. The summed E-state index contributed by atoms with van der Waals surface area (Å²) in [4.78, 5) is 18.6. The maximum absolute atomic E-state index is 11.4. The molecule has 0 saturated heterocycles. The molecular weight excluding hydrogens is 300 g/mol. The molecule has 0 aliphatic rings. The fraction of sp³-hybridized carbons (Fsp3) is 0.667. The highest BCUT2D eigenvalue weighted by molar-refractivity contribution is 9.09. The van der Waals surface area contributed by atoms with E-state index >= 15 is 0 Å². The fourth-order valence-electron chi connectivity index (χ4n) is 1.48. The minimum Gasteiger partial charge on any atom is -0.301 e. The van der Waals surface area contributed by atoms with Crippen LogP contribution in [0.25, 0.3) is 0 Å². The molecule has 1 heterocycles. The van der Waals surface area contributed by atoms with Gasteiger partial charge in [0.1, 0.15) is 0 Å². The minimum absolute atomic E-state index is 0.0357. The summed E-state index contributed by atoms with van der Waals surface area (Å²) in [5.41, 5.74) is 0.866. The second-order valence-corrected chi connectivity index (χ2v) is 5.77. The van der Waals surface area contributed by atoms with Gasteiger partial charge in [-0.2, -0.15) is 0 Å². The van der Waals surface area contributed by atoms with Crippen LogP contribution in [0.2, 0.25) is 0 Å². The first-order chi connectivity index (χ1) is 8.26. The van der Waals surface area contributed by atoms with Crippen LogP contribution in [0.1, 0.15) is 38.3 Å². The van der Waals surface area contributed by atoms with E-state index in [1.165, 1.54) is 12.8 Å². The number of hydrogen-bond donors (Lipinski definition) is 1. The zero-order valence-electron chi connectivity index (χ0n) is 10.2. The predicted molar refractivity (Wildman–Crippen MR) is 77.2 cm³/mol. The Balaban J connectivity index is 2.44. The normalized spacial score (nSPS) is 10.7. The van der Waals surface area contributed by atoms with Crippen LogP contribution in [-0.4, -0.2) is 21.1 Å². The predicted octanol–water partition coefficient (Wildman–Crippen LogP) is 3.38. The van der Waals surface area contributed by atoms with E-state index in [4.69, 9.17) is 0 Å². The molecule has 96 valence electrons. The number of H-pyrrole nitrogens is 1. The van der Waals surface area contributed by atoms with Gasteiger partial charge in [0, 0.05) is 22.8 Å². The molecule has 3 nitrogen and oxygen atoms in total. The lowest BCUT2D eigenvalue weighted by atomic mass is 10.2. The SMILES string of the molecule is CCCc1cc(=O)[nH]c(SCCCCCBr)n1. The molecule has 0 unspecified atom stereocenters. The number of rotatable bonds is 8. The third-order valence-corrected chi connectivity index (χ3v) is 3.82. The number of hydrogen-bond acceptors (Lipinski definition) is 3. The van der Waals surface area contributed by atoms with Crippen molar-refractivity contribution in [1.29, 1.82) is 0 Å². The molecule has 0 radical (unpaired) electrons. The molecule has 17 heavy (non-hydrogen) atoms. The van der Waals surface area contributed by atoms with Crippen LogP contribution in [0, 0.1) is 0 Å². The van der Waals surface area contributed by atoms with Gasteiger partial charge in [-0.1, -0.05) is 47.5 Å². The van der Waals surface area contributed by atoms with Gasteiger partial charge < -0.3 is 4.98 Å². The van der Waals surface area contributed by atoms with Crippen molar-refractivity contribution in [2.24, 2.45) is 0 Å². The number of alkyl halides is 1. The first kappa shape index (κ1) is 14.8. The lowest BCUT2D eigenvalue weighted by Gasteiger charge is -2.03. The minimum atomic E-state index is -0.0357. The van der Waals surface area contributed by atoms with E-state index in [9.17, 15) is 4.79 Å². The van der Waals surface area contributed by atoms with Crippen LogP contribution in [0.4, 0.5) is 0 Å². The van der Waals surface area contributed by atoms with Crippen molar-refractivity contribution in [3.63, 3.8) is 0 Å². The number of aryl methyl sites for hydroxylation is 1. The van der Waals surface area contributed by atoms with Crippen LogP contribution in [0.3, 0.4) is 0 Å². The zero-order valence-corrected chi connectivity index (χ0v) is 12.6. The van der Waals surface area contributed by atoms with Crippen molar-refractivity contribution in [2.75, 3.05) is 11.1 Å². The highest BCUT2D eigenvalue weighted by Crippen LogP contribution is 2.14. The lowest BCUT2D eigenvalue weighted by molar-refractivity contribution is 0.783. The van der Waals surface area contributed by atoms with Crippen LogP contribution in [-0.2, 0) is 6.42 Å². The molecule has 0 bridgehead atoms. The molecule has 0 aromatic carbocycles. The summed E-state index contributed by atoms with van der Waals surface area (Å²) in [6.07, 6.45) is 5.49. The topological polar surface area (TPSA) is 45.8 Å². The van der Waals surface area contributed by atoms with Gasteiger partial charge in [0.2, 0.25) is 0 Å². The average Bonchev–Trinajstić information content (AvgIpc) is 2.28. The molecule has 1 aromatic rings. The second kappa shape index (κ2) is 8.75. The monoisotopic (exact) mass is 318 g/mol. The van der Waals surface area contributed by atoms with Crippen molar-refractivity contribution in [1.82, 2.24) is 9.97 Å². The fourth-order valence-corrected chi connectivity index (χ4v) is 2.77. The molecular formula is C12H19BrN2OS. The Morgan fingerprint density at radius 2 is 2.24 bits per heavy atom. The van der Waals surface area contributed by atoms with Crippen molar-refractivity contribution in [3.8, 4) is 0 Å². The van der Waals surface area contributed by atoms with Crippen LogP contribution in [0.5, 0.6) is 0 Å². The summed E-state index contributed by atoms with van der Waals surface area (Å²) in [6, 6.07) is 1.60. The van der Waals surface area contributed by atoms with Gasteiger partial charge in [-0.15, -0.1) is 0 Å². The quantitative estimate of drug-likeness (QED) is 0.346. The van der Waals surface area contributed by atoms with E-state index in [1.54, 1.807) is 17.8 Å². The number of halogens is 1. The number of nitrogens with zero attached hydrogens (tertiary/aromatic N) is 1. The van der Waals surface area contributed by atoms with E-state index in [-0.39, 0.29) is 5.56 Å². The van der Waals surface area contributed by atoms with Gasteiger partial charge in [-0.25, -0.2) is 4.98 Å². The Morgan fingerprint density at radius 1 is 1.41 bits per heavy atom. The summed E-state index contributed by atoms with van der Waals surface area (Å²) in [5, 5.41) is 1.83. The molecule has 0 amide bonds. The third kappa shape index (κ3) is 6.27. The van der Waals surface area contributed by atoms with Gasteiger partial charge in [-0.3, -0.25) is 4.79 Å². The molecule has 1 N–H and O–H groups in total. The number of unbranched alkanes of at least 4 members (excludes halogenated alkanes) is 2. The van der Waals surface area contributed by atoms with Gasteiger partial charge in [-0.05, 0) is 19.3 Å². The number of aromatic amines is 1. The third-order valence-electron chi connectivity index (χ3n) is 2.30. The van der Waals surface area contributed by atoms with Crippen molar-refractivity contribution in [3.05, 3.63) is 22.1 Å². The standard InChI is InChI=1S/C12H19BrN2OS/c1-2-6-10-9-11(16)15-12(14-10)17-8-5-3-4-7-13/h9H,2-8H2,1H3,(H,14,15,16). The molecule has 0 fully saturated rings. The molecule has 0 aliphatic carbocycles. The summed E-state index contributed by atoms with van der Waals surface area (Å²) < 4.78 is 0. The zero-order chi connectivity index (χ0) is 12.5. The Hall–Kier alpha value is -0.290. The van der Waals surface area contributed by atoms with Crippen molar-refractivity contribution < 1.29 is 0 Å². The number of thioether (sulfide) groups is 1. The van der Waals surface area contributed by atoms with Crippen LogP contribution >= 0.6 is 27.7 Å². The van der Waals surface area contributed by atoms with E-state index < -0.39 is 0 Å². The first-order valence-electron chi connectivity index (χ1n) is 6.05. The lowest BCUT2D eigenvalue weighted by Crippen LogP contribution is -2.10. The molecule has 0 saturated carbocycles.